The Hall–Kier alpha value is -1.20. The lowest BCUT2D eigenvalue weighted by Crippen LogP contribution is -2.22. The first kappa shape index (κ1) is 12.3. The van der Waals surface area contributed by atoms with Crippen molar-refractivity contribution in [2.45, 2.75) is 13.5 Å². The van der Waals surface area contributed by atoms with Crippen LogP contribution in [0.25, 0.3) is 0 Å². The van der Waals surface area contributed by atoms with Crippen molar-refractivity contribution in [1.82, 2.24) is 14.5 Å². The van der Waals surface area contributed by atoms with Gasteiger partial charge in [0.05, 0.1) is 18.6 Å². The Labute approximate surface area is 111 Å². The predicted octanol–water partition coefficient (Wildman–Crippen LogP) is 2.41. The van der Waals surface area contributed by atoms with Gasteiger partial charge >= 0.3 is 0 Å². The molecule has 0 atom stereocenters. The van der Waals surface area contributed by atoms with E-state index in [2.05, 4.69) is 25.9 Å². The lowest BCUT2D eigenvalue weighted by Gasteiger charge is -2.07. The number of nitrogens with zero attached hydrogens (tertiary/aromatic N) is 3. The molecular formula is C11H9BrClN3O. The first-order valence-electron chi connectivity index (χ1n) is 4.90. The summed E-state index contributed by atoms with van der Waals surface area (Å²) in [6, 6.07) is 3.81. The fraction of sp³-hybridized carbons (Fsp3) is 0.182. The third-order valence-electron chi connectivity index (χ3n) is 2.38. The minimum atomic E-state index is -0.213. The van der Waals surface area contributed by atoms with Gasteiger partial charge in [-0.1, -0.05) is 17.7 Å². The molecule has 6 heteroatoms. The van der Waals surface area contributed by atoms with E-state index in [0.29, 0.717) is 6.54 Å². The number of pyridine rings is 1. The molecule has 0 saturated heterocycles. The van der Waals surface area contributed by atoms with E-state index in [9.17, 15) is 4.79 Å². The molecule has 0 radical (unpaired) electrons. The Kier molecular flexibility index (Phi) is 3.59. The number of rotatable bonds is 2. The van der Waals surface area contributed by atoms with Gasteiger partial charge in [-0.15, -0.1) is 0 Å². The SMILES string of the molecule is Cc1cccnc1Cn1cnc(Cl)c(Br)c1=O. The van der Waals surface area contributed by atoms with Gasteiger partial charge in [0.1, 0.15) is 4.47 Å². The summed E-state index contributed by atoms with van der Waals surface area (Å²) in [4.78, 5) is 20.0. The van der Waals surface area contributed by atoms with Crippen molar-refractivity contribution in [3.05, 3.63) is 55.9 Å². The summed E-state index contributed by atoms with van der Waals surface area (Å²) in [5, 5.41) is 0.170. The van der Waals surface area contributed by atoms with E-state index in [-0.39, 0.29) is 15.2 Å². The molecule has 2 heterocycles. The molecule has 0 bridgehead atoms. The first-order valence-corrected chi connectivity index (χ1v) is 6.07. The molecule has 0 amide bonds. The minimum absolute atomic E-state index is 0.170. The molecule has 2 rings (SSSR count). The molecule has 2 aromatic heterocycles. The average Bonchev–Trinajstić information content (AvgIpc) is 2.32. The predicted molar refractivity (Wildman–Crippen MR) is 69.3 cm³/mol. The van der Waals surface area contributed by atoms with Crippen molar-refractivity contribution in [3.8, 4) is 0 Å². The summed E-state index contributed by atoms with van der Waals surface area (Å²) in [7, 11) is 0. The van der Waals surface area contributed by atoms with Crippen LogP contribution in [0.3, 0.4) is 0 Å². The maximum atomic E-state index is 11.9. The molecule has 88 valence electrons. The lowest BCUT2D eigenvalue weighted by molar-refractivity contribution is 0.710. The maximum absolute atomic E-state index is 11.9. The van der Waals surface area contributed by atoms with E-state index >= 15 is 0 Å². The molecular weight excluding hydrogens is 305 g/mol. The fourth-order valence-corrected chi connectivity index (χ4v) is 1.86. The van der Waals surface area contributed by atoms with Gasteiger partial charge in [-0.05, 0) is 34.5 Å². The number of hydrogen-bond donors (Lipinski definition) is 0. The second kappa shape index (κ2) is 4.98. The molecule has 0 fully saturated rings. The molecule has 0 spiro atoms. The van der Waals surface area contributed by atoms with Crippen LogP contribution in [0, 0.1) is 6.92 Å². The van der Waals surface area contributed by atoms with Crippen molar-refractivity contribution in [1.29, 1.82) is 0 Å². The van der Waals surface area contributed by atoms with Crippen molar-refractivity contribution in [2.24, 2.45) is 0 Å². The van der Waals surface area contributed by atoms with E-state index in [1.54, 1.807) is 6.20 Å². The van der Waals surface area contributed by atoms with Gasteiger partial charge in [0.2, 0.25) is 0 Å². The van der Waals surface area contributed by atoms with Gasteiger partial charge in [0.25, 0.3) is 5.56 Å². The third-order valence-corrected chi connectivity index (χ3v) is 3.61. The maximum Gasteiger partial charge on any atom is 0.269 e. The summed E-state index contributed by atoms with van der Waals surface area (Å²) in [5.74, 6) is 0. The molecule has 0 aromatic carbocycles. The molecule has 0 N–H and O–H groups in total. The molecule has 4 nitrogen and oxygen atoms in total. The van der Waals surface area contributed by atoms with Crippen LogP contribution in [-0.4, -0.2) is 14.5 Å². The number of aryl methyl sites for hydroxylation is 1. The second-order valence-electron chi connectivity index (χ2n) is 3.55. The van der Waals surface area contributed by atoms with Crippen LogP contribution in [0.2, 0.25) is 5.15 Å². The molecule has 0 aliphatic rings. The zero-order valence-corrected chi connectivity index (χ0v) is 11.4. The standard InChI is InChI=1S/C11H9BrClN3O/c1-7-3-2-4-14-8(7)5-16-6-15-10(13)9(12)11(16)17/h2-4,6H,5H2,1H3. The zero-order chi connectivity index (χ0) is 12.4. The summed E-state index contributed by atoms with van der Waals surface area (Å²) >= 11 is 8.85. The van der Waals surface area contributed by atoms with Gasteiger partial charge in [-0.3, -0.25) is 14.3 Å². The van der Waals surface area contributed by atoms with Crippen LogP contribution < -0.4 is 5.56 Å². The molecule has 17 heavy (non-hydrogen) atoms. The number of hydrogen-bond acceptors (Lipinski definition) is 3. The van der Waals surface area contributed by atoms with E-state index in [1.165, 1.54) is 10.9 Å². The zero-order valence-electron chi connectivity index (χ0n) is 9.02. The van der Waals surface area contributed by atoms with Crippen LogP contribution in [0.1, 0.15) is 11.3 Å². The normalized spacial score (nSPS) is 10.5. The van der Waals surface area contributed by atoms with Crippen LogP contribution in [0.15, 0.2) is 33.9 Å². The number of aromatic nitrogens is 3. The van der Waals surface area contributed by atoms with Crippen molar-refractivity contribution < 1.29 is 0 Å². The van der Waals surface area contributed by atoms with Crippen molar-refractivity contribution in [3.63, 3.8) is 0 Å². The van der Waals surface area contributed by atoms with E-state index in [0.717, 1.165) is 11.3 Å². The van der Waals surface area contributed by atoms with E-state index < -0.39 is 0 Å². The van der Waals surface area contributed by atoms with E-state index in [1.807, 2.05) is 19.1 Å². The smallest absolute Gasteiger partial charge is 0.269 e. The molecule has 0 saturated carbocycles. The van der Waals surface area contributed by atoms with Crippen molar-refractivity contribution in [2.75, 3.05) is 0 Å². The average molecular weight is 315 g/mol. The fourth-order valence-electron chi connectivity index (χ4n) is 1.40. The summed E-state index contributed by atoms with van der Waals surface area (Å²) < 4.78 is 1.74. The highest BCUT2D eigenvalue weighted by atomic mass is 79.9. The lowest BCUT2D eigenvalue weighted by atomic mass is 10.2. The molecule has 0 unspecified atom stereocenters. The Morgan fingerprint density at radius 3 is 2.94 bits per heavy atom. The highest BCUT2D eigenvalue weighted by molar-refractivity contribution is 9.10. The van der Waals surface area contributed by atoms with E-state index in [4.69, 9.17) is 11.6 Å². The van der Waals surface area contributed by atoms with Gasteiger partial charge in [-0.25, -0.2) is 4.98 Å². The molecule has 2 aromatic rings. The van der Waals surface area contributed by atoms with Crippen LogP contribution in [-0.2, 0) is 6.54 Å². The quantitative estimate of drug-likeness (QED) is 0.800. The largest absolute Gasteiger partial charge is 0.292 e. The van der Waals surface area contributed by atoms with Gasteiger partial charge in [-0.2, -0.15) is 0 Å². The van der Waals surface area contributed by atoms with Crippen LogP contribution >= 0.6 is 27.5 Å². The Morgan fingerprint density at radius 1 is 1.47 bits per heavy atom. The number of halogens is 2. The monoisotopic (exact) mass is 313 g/mol. The van der Waals surface area contributed by atoms with Gasteiger partial charge in [0.15, 0.2) is 5.15 Å². The molecule has 0 aliphatic carbocycles. The first-order chi connectivity index (χ1) is 8.09. The summed E-state index contributed by atoms with van der Waals surface area (Å²) in [6.45, 7) is 2.33. The second-order valence-corrected chi connectivity index (χ2v) is 4.70. The third kappa shape index (κ3) is 2.56. The highest BCUT2D eigenvalue weighted by Crippen LogP contribution is 2.14. The Balaban J connectivity index is 2.41. The van der Waals surface area contributed by atoms with Crippen molar-refractivity contribution >= 4 is 27.5 Å². The summed E-state index contributed by atoms with van der Waals surface area (Å²) in [5.41, 5.74) is 1.66. The Morgan fingerprint density at radius 2 is 2.24 bits per heavy atom. The van der Waals surface area contributed by atoms with Gasteiger partial charge < -0.3 is 0 Å². The topological polar surface area (TPSA) is 47.8 Å². The van der Waals surface area contributed by atoms with Gasteiger partial charge in [0, 0.05) is 6.20 Å². The molecule has 0 aliphatic heterocycles. The Bertz CT molecular complexity index is 612. The minimum Gasteiger partial charge on any atom is -0.292 e. The van der Waals surface area contributed by atoms with Crippen LogP contribution in [0.5, 0.6) is 0 Å². The van der Waals surface area contributed by atoms with Crippen LogP contribution in [0.4, 0.5) is 0 Å². The summed E-state index contributed by atoms with van der Waals surface area (Å²) in [6.07, 6.45) is 3.12. The highest BCUT2D eigenvalue weighted by Gasteiger charge is 2.08.